The average Bonchev–Trinajstić information content (AvgIpc) is 3.00. The molecule has 0 unspecified atom stereocenters. The van der Waals surface area contributed by atoms with Crippen molar-refractivity contribution in [1.29, 1.82) is 0 Å². The highest BCUT2D eigenvalue weighted by Gasteiger charge is 2.33. The summed E-state index contributed by atoms with van der Waals surface area (Å²) in [4.78, 5) is 43.3. The third-order valence-electron chi connectivity index (χ3n) is 8.50. The van der Waals surface area contributed by atoms with E-state index in [4.69, 9.17) is 11.6 Å². The van der Waals surface area contributed by atoms with E-state index in [0.29, 0.717) is 48.6 Å². The maximum Gasteiger partial charge on any atom is 0.254 e. The molecule has 0 spiro atoms. The second-order valence-corrected chi connectivity index (χ2v) is 12.0. The van der Waals surface area contributed by atoms with Gasteiger partial charge in [-0.3, -0.25) is 14.4 Å². The van der Waals surface area contributed by atoms with E-state index in [1.807, 2.05) is 30.0 Å². The molecule has 1 saturated carbocycles. The second kappa shape index (κ2) is 13.5. The molecule has 5 rings (SSSR count). The van der Waals surface area contributed by atoms with Gasteiger partial charge in [0.2, 0.25) is 5.91 Å². The lowest BCUT2D eigenvalue weighted by molar-refractivity contribution is -0.127. The van der Waals surface area contributed by atoms with Gasteiger partial charge >= 0.3 is 0 Å². The summed E-state index contributed by atoms with van der Waals surface area (Å²) in [5, 5.41) is 3.78. The number of amides is 3. The zero-order valence-electron chi connectivity index (χ0n) is 23.9. The highest BCUT2D eigenvalue weighted by molar-refractivity contribution is 6.30. The first-order chi connectivity index (χ1) is 20.3. The zero-order valence-corrected chi connectivity index (χ0v) is 24.7. The first-order valence-corrected chi connectivity index (χ1v) is 15.1. The van der Waals surface area contributed by atoms with Crippen molar-refractivity contribution in [3.63, 3.8) is 0 Å². The van der Waals surface area contributed by atoms with E-state index in [2.05, 4.69) is 11.4 Å². The van der Waals surface area contributed by atoms with Crippen molar-refractivity contribution in [1.82, 2.24) is 15.1 Å². The summed E-state index contributed by atoms with van der Waals surface area (Å²) in [6.07, 6.45) is 4.37. The van der Waals surface area contributed by atoms with E-state index in [9.17, 15) is 18.8 Å². The van der Waals surface area contributed by atoms with Gasteiger partial charge in [-0.25, -0.2) is 4.39 Å². The number of rotatable bonds is 7. The van der Waals surface area contributed by atoms with Crippen LogP contribution in [0.3, 0.4) is 0 Å². The van der Waals surface area contributed by atoms with Crippen LogP contribution in [0, 0.1) is 18.7 Å². The fourth-order valence-electron chi connectivity index (χ4n) is 6.13. The van der Waals surface area contributed by atoms with Gasteiger partial charge < -0.3 is 15.1 Å². The van der Waals surface area contributed by atoms with Crippen molar-refractivity contribution in [2.45, 2.75) is 64.1 Å². The fraction of sp³-hybridized carbons (Fsp3) is 0.382. The van der Waals surface area contributed by atoms with Crippen LogP contribution in [-0.4, -0.2) is 52.7 Å². The summed E-state index contributed by atoms with van der Waals surface area (Å²) >= 11 is 6.05. The molecule has 0 radical (unpaired) electrons. The molecule has 0 atom stereocenters. The number of benzene rings is 3. The molecule has 1 N–H and O–H groups in total. The number of carbonyl (C=O) groups excluding carboxylic acids is 3. The van der Waals surface area contributed by atoms with Gasteiger partial charge in [-0.1, -0.05) is 47.5 Å². The maximum atomic E-state index is 13.6. The smallest absolute Gasteiger partial charge is 0.254 e. The lowest BCUT2D eigenvalue weighted by atomic mass is 9.88. The molecule has 42 heavy (non-hydrogen) atoms. The molecule has 3 aromatic rings. The van der Waals surface area contributed by atoms with Crippen LogP contribution in [0.15, 0.2) is 72.8 Å². The first kappa shape index (κ1) is 29.8. The van der Waals surface area contributed by atoms with Crippen LogP contribution in [0.2, 0.25) is 5.02 Å². The number of aryl methyl sites for hydroxylation is 1. The molecule has 8 heteroatoms. The molecule has 3 aromatic carbocycles. The van der Waals surface area contributed by atoms with Crippen molar-refractivity contribution in [2.75, 3.05) is 13.1 Å². The monoisotopic (exact) mass is 589 g/mol. The predicted molar refractivity (Wildman–Crippen MR) is 162 cm³/mol. The Hall–Kier alpha value is -3.71. The minimum Gasteiger partial charge on any atom is -0.353 e. The largest absolute Gasteiger partial charge is 0.353 e. The number of nitrogens with one attached hydrogen (secondary N) is 1. The number of piperidine rings is 1. The Morgan fingerprint density at radius 2 is 1.57 bits per heavy atom. The summed E-state index contributed by atoms with van der Waals surface area (Å²) in [5.74, 6) is -0.606. The molecular weight excluding hydrogens is 553 g/mol. The van der Waals surface area contributed by atoms with Crippen molar-refractivity contribution >= 4 is 29.3 Å². The molecule has 1 heterocycles. The lowest BCUT2D eigenvalue weighted by Crippen LogP contribution is -2.48. The minimum absolute atomic E-state index is 0.0250. The Morgan fingerprint density at radius 3 is 2.24 bits per heavy atom. The van der Waals surface area contributed by atoms with Crippen LogP contribution in [0.25, 0.3) is 0 Å². The van der Waals surface area contributed by atoms with Crippen LogP contribution >= 0.6 is 11.6 Å². The summed E-state index contributed by atoms with van der Waals surface area (Å²) < 4.78 is 13.5. The van der Waals surface area contributed by atoms with E-state index in [1.54, 1.807) is 41.3 Å². The number of hydrogen-bond donors (Lipinski definition) is 1. The van der Waals surface area contributed by atoms with Gasteiger partial charge in [0.1, 0.15) is 5.82 Å². The molecule has 220 valence electrons. The fourth-order valence-corrected chi connectivity index (χ4v) is 6.32. The summed E-state index contributed by atoms with van der Waals surface area (Å²) in [6, 6.07) is 20.9. The Labute approximate surface area is 251 Å². The molecular formula is C34H37ClFN3O3. The van der Waals surface area contributed by atoms with E-state index < -0.39 is 0 Å². The van der Waals surface area contributed by atoms with Crippen molar-refractivity contribution < 1.29 is 18.8 Å². The SMILES string of the molecule is Cc1cccc(CN(C(=O)c2ccc(F)cc2)C2CCC(NC(=O)C3CCN(C(=O)c4cccc(Cl)c4)CC3)CC2)c1. The van der Waals surface area contributed by atoms with Gasteiger partial charge in [0.15, 0.2) is 0 Å². The Kier molecular flexibility index (Phi) is 9.58. The topological polar surface area (TPSA) is 69.7 Å². The van der Waals surface area contributed by atoms with Crippen LogP contribution in [0.1, 0.15) is 70.4 Å². The highest BCUT2D eigenvalue weighted by Crippen LogP contribution is 2.28. The van der Waals surface area contributed by atoms with E-state index in [-0.39, 0.29) is 41.5 Å². The van der Waals surface area contributed by atoms with Crippen LogP contribution in [0.4, 0.5) is 4.39 Å². The molecule has 1 aliphatic heterocycles. The van der Waals surface area contributed by atoms with Gasteiger partial charge in [0.25, 0.3) is 11.8 Å². The average molecular weight is 590 g/mol. The van der Waals surface area contributed by atoms with Crippen molar-refractivity contribution in [2.24, 2.45) is 5.92 Å². The summed E-state index contributed by atoms with van der Waals surface area (Å²) in [7, 11) is 0. The van der Waals surface area contributed by atoms with E-state index >= 15 is 0 Å². The normalized spacial score (nSPS) is 19.3. The number of carbonyl (C=O) groups is 3. The summed E-state index contributed by atoms with van der Waals surface area (Å²) in [6.45, 7) is 3.59. The standard InChI is InChI=1S/C34H37ClFN3O3/c1-23-4-2-5-24(20-23)22-39(34(42)26-8-10-29(36)11-9-26)31-14-12-30(13-15-31)37-32(40)25-16-18-38(19-17-25)33(41)27-6-3-7-28(35)21-27/h2-11,20-21,25,30-31H,12-19,22H2,1H3,(H,37,40). The lowest BCUT2D eigenvalue weighted by Gasteiger charge is -2.38. The Morgan fingerprint density at radius 1 is 0.881 bits per heavy atom. The van der Waals surface area contributed by atoms with Crippen molar-refractivity contribution in [3.8, 4) is 0 Å². The van der Waals surface area contributed by atoms with Crippen LogP contribution in [-0.2, 0) is 11.3 Å². The molecule has 2 fully saturated rings. The number of halogens is 2. The Bertz CT molecular complexity index is 1410. The van der Waals surface area contributed by atoms with Crippen molar-refractivity contribution in [3.05, 3.63) is 106 Å². The molecule has 1 saturated heterocycles. The third-order valence-corrected chi connectivity index (χ3v) is 8.73. The number of nitrogens with zero attached hydrogens (tertiary/aromatic N) is 2. The molecule has 1 aliphatic carbocycles. The van der Waals surface area contributed by atoms with Gasteiger partial charge in [-0.05, 0) is 93.5 Å². The molecule has 3 amide bonds. The van der Waals surface area contributed by atoms with Gasteiger partial charge in [0.05, 0.1) is 0 Å². The third kappa shape index (κ3) is 7.37. The van der Waals surface area contributed by atoms with Gasteiger partial charge in [0, 0.05) is 53.8 Å². The molecule has 2 aliphatic rings. The first-order valence-electron chi connectivity index (χ1n) is 14.7. The highest BCUT2D eigenvalue weighted by atomic mass is 35.5. The van der Waals surface area contributed by atoms with Crippen LogP contribution in [0.5, 0.6) is 0 Å². The van der Waals surface area contributed by atoms with E-state index in [1.165, 1.54) is 12.1 Å². The van der Waals surface area contributed by atoms with Gasteiger partial charge in [-0.15, -0.1) is 0 Å². The maximum absolute atomic E-state index is 13.6. The van der Waals surface area contributed by atoms with E-state index in [0.717, 1.165) is 36.8 Å². The zero-order chi connectivity index (χ0) is 29.6. The van der Waals surface area contributed by atoms with Gasteiger partial charge in [-0.2, -0.15) is 0 Å². The summed E-state index contributed by atoms with van der Waals surface area (Å²) in [5.41, 5.74) is 3.23. The number of hydrogen-bond acceptors (Lipinski definition) is 3. The molecule has 0 bridgehead atoms. The quantitative estimate of drug-likeness (QED) is 0.346. The minimum atomic E-state index is -0.369. The second-order valence-electron chi connectivity index (χ2n) is 11.5. The molecule has 6 nitrogen and oxygen atoms in total. The Balaban J connectivity index is 1.15. The number of likely N-dealkylation sites (tertiary alicyclic amines) is 1. The molecule has 0 aromatic heterocycles. The van der Waals surface area contributed by atoms with Crippen LogP contribution < -0.4 is 5.32 Å². The predicted octanol–water partition coefficient (Wildman–Crippen LogP) is 6.41.